The minimum atomic E-state index is -0.535. The summed E-state index contributed by atoms with van der Waals surface area (Å²) in [6.07, 6.45) is 10.3. The number of unbranched alkanes of at least 4 members (excludes halogenated alkanes) is 6. The third-order valence-corrected chi connectivity index (χ3v) is 3.75. The minimum absolute atomic E-state index is 0.0413. The van der Waals surface area contributed by atoms with Gasteiger partial charge in [-0.25, -0.2) is 4.79 Å². The number of hydrogen-bond acceptors (Lipinski definition) is 3. The van der Waals surface area contributed by atoms with Gasteiger partial charge in [-0.3, -0.25) is 0 Å². The zero-order chi connectivity index (χ0) is 16.9. The molecule has 0 amide bonds. The van der Waals surface area contributed by atoms with Gasteiger partial charge in [-0.15, -0.1) is 0 Å². The van der Waals surface area contributed by atoms with Crippen LogP contribution >= 0.6 is 0 Å². The Morgan fingerprint density at radius 3 is 2.17 bits per heavy atom. The molecule has 3 heteroatoms. The summed E-state index contributed by atoms with van der Waals surface area (Å²) in [5.74, 6) is 0.0329. The summed E-state index contributed by atoms with van der Waals surface area (Å²) in [7, 11) is 0. The lowest BCUT2D eigenvalue weighted by Gasteiger charge is -2.08. The molecule has 0 saturated carbocycles. The first-order chi connectivity index (χ1) is 11.2. The van der Waals surface area contributed by atoms with Crippen LogP contribution in [0.2, 0.25) is 0 Å². The van der Waals surface area contributed by atoms with Crippen LogP contribution in [0.4, 0.5) is 0 Å². The number of benzene rings is 1. The molecule has 1 aromatic rings. The Balaban J connectivity index is 2.25. The summed E-state index contributed by atoms with van der Waals surface area (Å²) < 4.78 is 10.2. The molecule has 1 rings (SSSR count). The number of carbonyl (C=O) groups is 1. The lowest BCUT2D eigenvalue weighted by Crippen LogP contribution is -2.12. The first-order valence-corrected chi connectivity index (χ1v) is 8.80. The second-order valence-corrected chi connectivity index (χ2v) is 5.76. The average Bonchev–Trinajstić information content (AvgIpc) is 2.55. The van der Waals surface area contributed by atoms with E-state index in [1.807, 2.05) is 24.3 Å². The fourth-order valence-corrected chi connectivity index (χ4v) is 2.41. The van der Waals surface area contributed by atoms with Crippen LogP contribution in [0.15, 0.2) is 36.6 Å². The van der Waals surface area contributed by atoms with Gasteiger partial charge < -0.3 is 9.47 Å². The van der Waals surface area contributed by atoms with Gasteiger partial charge in [0.25, 0.3) is 0 Å². The van der Waals surface area contributed by atoms with E-state index in [-0.39, 0.29) is 5.76 Å². The Kier molecular flexibility index (Phi) is 9.85. The number of esters is 1. The molecule has 0 aliphatic carbocycles. The normalized spacial score (nSPS) is 10.3. The predicted molar refractivity (Wildman–Crippen MR) is 94.5 cm³/mol. The second kappa shape index (κ2) is 11.8. The molecule has 23 heavy (non-hydrogen) atoms. The van der Waals surface area contributed by atoms with Crippen molar-refractivity contribution >= 4 is 5.97 Å². The van der Waals surface area contributed by atoms with Crippen LogP contribution in [0.5, 0.6) is 5.75 Å². The maximum Gasteiger partial charge on any atom is 0.378 e. The molecule has 0 spiro atoms. The largest absolute Gasteiger partial charge is 0.487 e. The monoisotopic (exact) mass is 318 g/mol. The van der Waals surface area contributed by atoms with Crippen molar-refractivity contribution in [2.24, 2.45) is 0 Å². The van der Waals surface area contributed by atoms with Gasteiger partial charge in [0.15, 0.2) is 5.76 Å². The highest BCUT2D eigenvalue weighted by Crippen LogP contribution is 2.16. The van der Waals surface area contributed by atoms with E-state index in [0.717, 1.165) is 6.42 Å². The van der Waals surface area contributed by atoms with Crippen molar-refractivity contribution in [3.8, 4) is 5.75 Å². The van der Waals surface area contributed by atoms with Gasteiger partial charge in [-0.1, -0.05) is 57.6 Å². The summed E-state index contributed by atoms with van der Waals surface area (Å²) in [4.78, 5) is 11.7. The molecule has 0 unspecified atom stereocenters. The highest BCUT2D eigenvalue weighted by atomic mass is 16.6. The SMILES string of the molecule is C=C(OCC)C(=O)Oc1ccc(CCCCCCCCC)cc1. The number of rotatable bonds is 12. The number of aryl methyl sites for hydroxylation is 1. The second-order valence-electron chi connectivity index (χ2n) is 5.76. The lowest BCUT2D eigenvalue weighted by molar-refractivity contribution is -0.133. The molecule has 0 aromatic heterocycles. The number of hydrogen-bond donors (Lipinski definition) is 0. The highest BCUT2D eigenvalue weighted by Gasteiger charge is 2.10. The Hall–Kier alpha value is -1.77. The van der Waals surface area contributed by atoms with E-state index in [9.17, 15) is 4.79 Å². The maximum atomic E-state index is 11.7. The Labute approximate surface area is 140 Å². The Morgan fingerprint density at radius 2 is 1.57 bits per heavy atom. The molecule has 128 valence electrons. The first-order valence-electron chi connectivity index (χ1n) is 8.80. The molecule has 0 radical (unpaired) electrons. The molecule has 3 nitrogen and oxygen atoms in total. The number of carbonyl (C=O) groups excluding carboxylic acids is 1. The van der Waals surface area contributed by atoms with Crippen molar-refractivity contribution in [1.82, 2.24) is 0 Å². The highest BCUT2D eigenvalue weighted by molar-refractivity contribution is 5.87. The molecule has 0 heterocycles. The van der Waals surface area contributed by atoms with Crippen molar-refractivity contribution < 1.29 is 14.3 Å². The van der Waals surface area contributed by atoms with Crippen molar-refractivity contribution in [3.05, 3.63) is 42.2 Å². The maximum absolute atomic E-state index is 11.7. The quantitative estimate of drug-likeness (QED) is 0.169. The standard InChI is InChI=1S/C20H30O3/c1-4-6-7-8-9-10-11-12-18-13-15-19(16-14-18)23-20(21)17(3)22-5-2/h13-16H,3-12H2,1-2H3. The third-order valence-electron chi connectivity index (χ3n) is 3.75. The summed E-state index contributed by atoms with van der Waals surface area (Å²) in [6.45, 7) is 7.99. The third kappa shape index (κ3) is 8.44. The summed E-state index contributed by atoms with van der Waals surface area (Å²) in [5.41, 5.74) is 1.28. The van der Waals surface area contributed by atoms with E-state index in [0.29, 0.717) is 12.4 Å². The van der Waals surface area contributed by atoms with E-state index < -0.39 is 5.97 Å². The van der Waals surface area contributed by atoms with E-state index in [1.165, 1.54) is 50.5 Å². The van der Waals surface area contributed by atoms with Gasteiger partial charge in [-0.05, 0) is 44.0 Å². The molecule has 0 atom stereocenters. The Morgan fingerprint density at radius 1 is 0.957 bits per heavy atom. The molecular formula is C20H30O3. The zero-order valence-electron chi connectivity index (χ0n) is 14.6. The van der Waals surface area contributed by atoms with Crippen LogP contribution in [0.25, 0.3) is 0 Å². The average molecular weight is 318 g/mol. The Bertz CT molecular complexity index is 462. The molecule has 0 bridgehead atoms. The molecule has 0 fully saturated rings. The first kappa shape index (κ1) is 19.3. The van der Waals surface area contributed by atoms with Crippen LogP contribution in [-0.4, -0.2) is 12.6 Å². The molecular weight excluding hydrogens is 288 g/mol. The fourth-order valence-electron chi connectivity index (χ4n) is 2.41. The zero-order valence-corrected chi connectivity index (χ0v) is 14.6. The van der Waals surface area contributed by atoms with Crippen molar-refractivity contribution in [3.63, 3.8) is 0 Å². The van der Waals surface area contributed by atoms with Gasteiger partial charge in [0.2, 0.25) is 0 Å². The summed E-state index contributed by atoms with van der Waals surface area (Å²) >= 11 is 0. The summed E-state index contributed by atoms with van der Waals surface area (Å²) in [5, 5.41) is 0. The molecule has 0 N–H and O–H groups in total. The van der Waals surface area contributed by atoms with Crippen molar-refractivity contribution in [1.29, 1.82) is 0 Å². The smallest absolute Gasteiger partial charge is 0.378 e. The van der Waals surface area contributed by atoms with Crippen LogP contribution in [-0.2, 0) is 16.0 Å². The van der Waals surface area contributed by atoms with Gasteiger partial charge >= 0.3 is 5.97 Å². The molecule has 0 aliphatic heterocycles. The van der Waals surface area contributed by atoms with Crippen LogP contribution in [0.3, 0.4) is 0 Å². The van der Waals surface area contributed by atoms with Gasteiger partial charge in [-0.2, -0.15) is 0 Å². The van der Waals surface area contributed by atoms with E-state index in [2.05, 4.69) is 13.5 Å². The number of ether oxygens (including phenoxy) is 2. The predicted octanol–water partition coefficient (Wildman–Crippen LogP) is 5.44. The van der Waals surface area contributed by atoms with Crippen LogP contribution in [0.1, 0.15) is 64.4 Å². The van der Waals surface area contributed by atoms with Crippen molar-refractivity contribution in [2.45, 2.75) is 65.2 Å². The minimum Gasteiger partial charge on any atom is -0.487 e. The van der Waals surface area contributed by atoms with Gasteiger partial charge in [0.1, 0.15) is 5.75 Å². The van der Waals surface area contributed by atoms with E-state index in [4.69, 9.17) is 9.47 Å². The molecule has 0 aliphatic rings. The van der Waals surface area contributed by atoms with Gasteiger partial charge in [0, 0.05) is 0 Å². The lowest BCUT2D eigenvalue weighted by atomic mass is 10.0. The van der Waals surface area contributed by atoms with Crippen LogP contribution < -0.4 is 4.74 Å². The van der Waals surface area contributed by atoms with E-state index in [1.54, 1.807) is 6.92 Å². The summed E-state index contributed by atoms with van der Waals surface area (Å²) in [6, 6.07) is 7.69. The molecule has 1 aromatic carbocycles. The fraction of sp³-hybridized carbons (Fsp3) is 0.550. The van der Waals surface area contributed by atoms with E-state index >= 15 is 0 Å². The van der Waals surface area contributed by atoms with Crippen LogP contribution in [0, 0.1) is 0 Å². The molecule has 0 saturated heterocycles. The van der Waals surface area contributed by atoms with Crippen molar-refractivity contribution in [2.75, 3.05) is 6.61 Å². The van der Waals surface area contributed by atoms with Gasteiger partial charge in [0.05, 0.1) is 6.61 Å². The topological polar surface area (TPSA) is 35.5 Å².